The lowest BCUT2D eigenvalue weighted by Gasteiger charge is -2.19. The molecular formula is C17H22ClN3. The number of hydrogen-bond donors (Lipinski definition) is 2. The summed E-state index contributed by atoms with van der Waals surface area (Å²) in [6.07, 6.45) is 6.82. The normalized spacial score (nSPS) is 16.1. The second-order valence-corrected chi connectivity index (χ2v) is 6.38. The van der Waals surface area contributed by atoms with Gasteiger partial charge in [0.1, 0.15) is 0 Å². The van der Waals surface area contributed by atoms with Crippen molar-refractivity contribution in [2.24, 2.45) is 5.92 Å². The summed E-state index contributed by atoms with van der Waals surface area (Å²) in [7, 11) is 0. The van der Waals surface area contributed by atoms with E-state index in [1.165, 1.54) is 29.7 Å². The van der Waals surface area contributed by atoms with E-state index in [0.29, 0.717) is 6.04 Å². The van der Waals surface area contributed by atoms with Gasteiger partial charge in [-0.2, -0.15) is 5.10 Å². The van der Waals surface area contributed by atoms with Crippen molar-refractivity contribution in [1.82, 2.24) is 15.5 Å². The molecule has 112 valence electrons. The molecule has 0 spiro atoms. The zero-order valence-electron chi connectivity index (χ0n) is 12.4. The second-order valence-electron chi connectivity index (χ2n) is 5.94. The Hall–Kier alpha value is -1.32. The van der Waals surface area contributed by atoms with Crippen molar-refractivity contribution in [3.63, 3.8) is 0 Å². The molecule has 1 aromatic carbocycles. The van der Waals surface area contributed by atoms with Gasteiger partial charge in [-0.25, -0.2) is 0 Å². The lowest BCUT2D eigenvalue weighted by molar-refractivity contribution is 0.475. The van der Waals surface area contributed by atoms with E-state index in [1.54, 1.807) is 0 Å². The molecule has 1 aromatic heterocycles. The summed E-state index contributed by atoms with van der Waals surface area (Å²) in [5.41, 5.74) is 3.87. The van der Waals surface area contributed by atoms with Gasteiger partial charge in [0.2, 0.25) is 0 Å². The third-order valence-electron chi connectivity index (χ3n) is 4.24. The number of aromatic nitrogens is 2. The maximum atomic E-state index is 5.98. The molecule has 1 aliphatic carbocycles. The van der Waals surface area contributed by atoms with Gasteiger partial charge in [0, 0.05) is 16.8 Å². The molecule has 0 amide bonds. The molecule has 1 aliphatic rings. The van der Waals surface area contributed by atoms with Crippen LogP contribution in [0.1, 0.15) is 42.1 Å². The molecule has 2 N–H and O–H groups in total. The van der Waals surface area contributed by atoms with Crippen molar-refractivity contribution in [3.05, 3.63) is 52.3 Å². The minimum absolute atomic E-state index is 0.479. The summed E-state index contributed by atoms with van der Waals surface area (Å²) in [6.45, 7) is 3.12. The van der Waals surface area contributed by atoms with E-state index < -0.39 is 0 Å². The second kappa shape index (κ2) is 6.63. The minimum atomic E-state index is 0.479. The van der Waals surface area contributed by atoms with Crippen LogP contribution in [0, 0.1) is 12.8 Å². The van der Waals surface area contributed by atoms with Crippen molar-refractivity contribution in [2.75, 3.05) is 6.54 Å². The first kappa shape index (κ1) is 14.6. The van der Waals surface area contributed by atoms with Gasteiger partial charge in [0.05, 0.1) is 6.20 Å². The molecule has 21 heavy (non-hydrogen) atoms. The van der Waals surface area contributed by atoms with Crippen LogP contribution < -0.4 is 5.32 Å². The summed E-state index contributed by atoms with van der Waals surface area (Å²) < 4.78 is 0. The largest absolute Gasteiger partial charge is 0.310 e. The van der Waals surface area contributed by atoms with Crippen LogP contribution in [-0.4, -0.2) is 16.7 Å². The molecule has 0 bridgehead atoms. The molecule has 3 rings (SSSR count). The molecule has 1 fully saturated rings. The van der Waals surface area contributed by atoms with Crippen molar-refractivity contribution < 1.29 is 0 Å². The van der Waals surface area contributed by atoms with E-state index in [2.05, 4.69) is 34.6 Å². The van der Waals surface area contributed by atoms with Gasteiger partial charge in [0.15, 0.2) is 0 Å². The molecule has 0 saturated heterocycles. The van der Waals surface area contributed by atoms with Crippen LogP contribution in [0.2, 0.25) is 5.02 Å². The van der Waals surface area contributed by atoms with Gasteiger partial charge in [-0.05, 0) is 68.3 Å². The molecule has 1 heterocycles. The quantitative estimate of drug-likeness (QED) is 0.758. The highest BCUT2D eigenvalue weighted by Crippen LogP contribution is 2.41. The molecule has 4 heteroatoms. The predicted octanol–water partition coefficient (Wildman–Crippen LogP) is 4.05. The third kappa shape index (κ3) is 3.86. The average molecular weight is 304 g/mol. The van der Waals surface area contributed by atoms with Gasteiger partial charge >= 0.3 is 0 Å². The van der Waals surface area contributed by atoms with Crippen molar-refractivity contribution in [3.8, 4) is 0 Å². The zero-order valence-corrected chi connectivity index (χ0v) is 13.2. The highest BCUT2D eigenvalue weighted by Gasteiger charge is 2.31. The summed E-state index contributed by atoms with van der Waals surface area (Å²) in [4.78, 5) is 0. The van der Waals surface area contributed by atoms with Crippen LogP contribution >= 0.6 is 11.6 Å². The molecule has 1 saturated carbocycles. The van der Waals surface area contributed by atoms with Crippen LogP contribution in [0.3, 0.4) is 0 Å². The van der Waals surface area contributed by atoms with Crippen molar-refractivity contribution in [2.45, 2.75) is 38.6 Å². The Bertz CT molecular complexity index is 572. The summed E-state index contributed by atoms with van der Waals surface area (Å²) in [6, 6.07) is 8.76. The van der Waals surface area contributed by atoms with Gasteiger partial charge in [-0.1, -0.05) is 23.7 Å². The fraction of sp³-hybridized carbons (Fsp3) is 0.471. The lowest BCUT2D eigenvalue weighted by Crippen LogP contribution is -2.24. The Kier molecular flexibility index (Phi) is 4.61. The lowest BCUT2D eigenvalue weighted by atomic mass is 10.0. The predicted molar refractivity (Wildman–Crippen MR) is 86.6 cm³/mol. The highest BCUT2D eigenvalue weighted by atomic mass is 35.5. The Labute approximate surface area is 131 Å². The summed E-state index contributed by atoms with van der Waals surface area (Å²) in [5.74, 6) is 0.793. The molecule has 3 nitrogen and oxygen atoms in total. The maximum absolute atomic E-state index is 5.98. The number of nitrogens with zero attached hydrogens (tertiary/aromatic N) is 1. The smallest absolute Gasteiger partial charge is 0.0522 e. The van der Waals surface area contributed by atoms with Crippen LogP contribution in [0.4, 0.5) is 0 Å². The maximum Gasteiger partial charge on any atom is 0.0522 e. The highest BCUT2D eigenvalue weighted by molar-refractivity contribution is 6.30. The monoisotopic (exact) mass is 303 g/mol. The first-order chi connectivity index (χ1) is 10.2. The first-order valence-corrected chi connectivity index (χ1v) is 8.09. The molecule has 2 aromatic rings. The fourth-order valence-corrected chi connectivity index (χ4v) is 2.95. The van der Waals surface area contributed by atoms with Crippen LogP contribution in [0.15, 0.2) is 30.5 Å². The van der Waals surface area contributed by atoms with E-state index in [1.807, 2.05) is 18.3 Å². The number of rotatable bonds is 7. The zero-order chi connectivity index (χ0) is 14.7. The number of hydrogen-bond acceptors (Lipinski definition) is 2. The van der Waals surface area contributed by atoms with Crippen LogP contribution in [0.5, 0.6) is 0 Å². The molecule has 1 atom stereocenters. The van der Waals surface area contributed by atoms with E-state index >= 15 is 0 Å². The topological polar surface area (TPSA) is 40.7 Å². The average Bonchev–Trinajstić information content (AvgIpc) is 3.24. The molecule has 0 radical (unpaired) electrons. The number of nitrogens with one attached hydrogen (secondary N) is 2. The Morgan fingerprint density at radius 3 is 2.71 bits per heavy atom. The third-order valence-corrected chi connectivity index (χ3v) is 4.50. The number of aryl methyl sites for hydroxylation is 2. The summed E-state index contributed by atoms with van der Waals surface area (Å²) >= 11 is 5.98. The first-order valence-electron chi connectivity index (χ1n) is 7.72. The molecule has 0 aliphatic heterocycles. The Balaban J connectivity index is 1.52. The Morgan fingerprint density at radius 2 is 2.10 bits per heavy atom. The van der Waals surface area contributed by atoms with Gasteiger partial charge < -0.3 is 5.32 Å². The van der Waals surface area contributed by atoms with Gasteiger partial charge in [0.25, 0.3) is 0 Å². The number of H-pyrrole nitrogens is 1. The molecule has 1 unspecified atom stereocenters. The minimum Gasteiger partial charge on any atom is -0.310 e. The standard InChI is InChI=1S/C17H22ClN3/c1-12-15(11-20-21-12)3-2-10-19-17(13-4-5-13)14-6-8-16(18)9-7-14/h6-9,11,13,17,19H,2-5,10H2,1H3,(H,20,21). The van der Waals surface area contributed by atoms with Crippen LogP contribution in [-0.2, 0) is 6.42 Å². The van der Waals surface area contributed by atoms with E-state index in [-0.39, 0.29) is 0 Å². The van der Waals surface area contributed by atoms with E-state index in [0.717, 1.165) is 30.3 Å². The summed E-state index contributed by atoms with van der Waals surface area (Å²) in [5, 5.41) is 11.6. The SMILES string of the molecule is Cc1[nH]ncc1CCCNC(c1ccc(Cl)cc1)C1CC1. The van der Waals surface area contributed by atoms with E-state index in [4.69, 9.17) is 11.6 Å². The van der Waals surface area contributed by atoms with Crippen molar-refractivity contribution >= 4 is 11.6 Å². The fourth-order valence-electron chi connectivity index (χ4n) is 2.82. The van der Waals surface area contributed by atoms with Gasteiger partial charge in [-0.3, -0.25) is 5.10 Å². The van der Waals surface area contributed by atoms with E-state index in [9.17, 15) is 0 Å². The number of halogens is 1. The van der Waals surface area contributed by atoms with Crippen molar-refractivity contribution in [1.29, 1.82) is 0 Å². The molecular weight excluding hydrogens is 282 g/mol. The van der Waals surface area contributed by atoms with Crippen LogP contribution in [0.25, 0.3) is 0 Å². The number of aromatic amines is 1. The number of benzene rings is 1. The Morgan fingerprint density at radius 1 is 1.33 bits per heavy atom. The van der Waals surface area contributed by atoms with Gasteiger partial charge in [-0.15, -0.1) is 0 Å².